The van der Waals surface area contributed by atoms with Crippen LogP contribution in [0.15, 0.2) is 0 Å². The van der Waals surface area contributed by atoms with Crippen LogP contribution in [-0.4, -0.2) is 28.2 Å². The summed E-state index contributed by atoms with van der Waals surface area (Å²) >= 11 is 0. The molecule has 80 valence electrons. The van der Waals surface area contributed by atoms with Crippen LogP contribution in [0.3, 0.4) is 0 Å². The fourth-order valence-corrected chi connectivity index (χ4v) is 5.05. The molecule has 0 aromatic rings. The van der Waals surface area contributed by atoms with Crippen molar-refractivity contribution >= 4 is 18.6 Å². The van der Waals surface area contributed by atoms with E-state index in [4.69, 9.17) is 4.12 Å². The molecule has 0 bridgehead atoms. The summed E-state index contributed by atoms with van der Waals surface area (Å²) in [6.07, 6.45) is 0. The van der Waals surface area contributed by atoms with E-state index in [2.05, 4.69) is 27.7 Å². The van der Waals surface area contributed by atoms with Crippen molar-refractivity contribution in [3.63, 3.8) is 0 Å². The molecule has 0 aliphatic heterocycles. The second-order valence-corrected chi connectivity index (χ2v) is 8.15. The molecule has 0 radical (unpaired) electrons. The van der Waals surface area contributed by atoms with Gasteiger partial charge in [0.25, 0.3) is 0 Å². The highest BCUT2D eigenvalue weighted by Crippen LogP contribution is 2.09. The van der Waals surface area contributed by atoms with E-state index >= 15 is 0 Å². The molecule has 0 aliphatic rings. The molecular weight excluding hydrogens is 200 g/mol. The van der Waals surface area contributed by atoms with E-state index in [1.165, 1.54) is 0 Å². The first kappa shape index (κ1) is 13.3. The van der Waals surface area contributed by atoms with E-state index in [0.717, 1.165) is 12.1 Å². The first-order chi connectivity index (χ1) is 5.91. The summed E-state index contributed by atoms with van der Waals surface area (Å²) in [5.74, 6) is 0.920. The van der Waals surface area contributed by atoms with Crippen LogP contribution in [0, 0.1) is 11.8 Å². The third-order valence-corrected chi connectivity index (χ3v) is 6.87. The average Bonchev–Trinajstić information content (AvgIpc) is 1.80. The lowest BCUT2D eigenvalue weighted by Gasteiger charge is -2.17. The predicted molar refractivity (Wildman–Crippen MR) is 59.1 cm³/mol. The fourth-order valence-electron chi connectivity index (χ4n) is 1.10. The molecule has 3 nitrogen and oxygen atoms in total. The minimum atomic E-state index is -2.07. The van der Waals surface area contributed by atoms with Crippen molar-refractivity contribution in [1.29, 1.82) is 0 Å². The summed E-state index contributed by atoms with van der Waals surface area (Å²) in [5.41, 5.74) is 0. The summed E-state index contributed by atoms with van der Waals surface area (Å²) in [4.78, 5) is 19.0. The number of rotatable bonds is 6. The maximum Gasteiger partial charge on any atom is 0.309 e. The lowest BCUT2D eigenvalue weighted by molar-refractivity contribution is 0.342. The first-order valence-electron chi connectivity index (χ1n) is 4.93. The van der Waals surface area contributed by atoms with Crippen molar-refractivity contribution in [3.8, 4) is 0 Å². The van der Waals surface area contributed by atoms with Crippen molar-refractivity contribution < 1.29 is 13.7 Å². The van der Waals surface area contributed by atoms with E-state index in [9.17, 15) is 9.59 Å². The Bertz CT molecular complexity index is 117. The topological polar surface area (TPSA) is 49.7 Å². The van der Waals surface area contributed by atoms with Gasteiger partial charge in [0.15, 0.2) is 0 Å². The molecule has 0 saturated carbocycles. The maximum atomic E-state index is 9.49. The number of hydrogen-bond donors (Lipinski definition) is 2. The molecule has 2 N–H and O–H groups in total. The van der Waals surface area contributed by atoms with Crippen molar-refractivity contribution in [2.75, 3.05) is 0 Å². The van der Waals surface area contributed by atoms with E-state index in [-0.39, 0.29) is 0 Å². The monoisotopic (exact) mass is 222 g/mol. The number of hydrogen-bond acceptors (Lipinski definition) is 3. The molecule has 2 unspecified atom stereocenters. The van der Waals surface area contributed by atoms with Crippen molar-refractivity contribution in [3.05, 3.63) is 0 Å². The van der Waals surface area contributed by atoms with Crippen LogP contribution < -0.4 is 0 Å². The molecule has 0 spiro atoms. The Kier molecular flexibility index (Phi) is 6.88. The smallest absolute Gasteiger partial charge is 0.309 e. The van der Waals surface area contributed by atoms with E-state index in [1.807, 2.05) is 0 Å². The van der Waals surface area contributed by atoms with Crippen LogP contribution in [0.1, 0.15) is 27.7 Å². The van der Waals surface area contributed by atoms with Gasteiger partial charge in [0.2, 0.25) is 0 Å². The van der Waals surface area contributed by atoms with Gasteiger partial charge in [-0.05, 0) is 23.9 Å². The minimum absolute atomic E-state index is 0.460. The van der Waals surface area contributed by atoms with Gasteiger partial charge in [0.1, 0.15) is 0 Å². The molecule has 0 aromatic heterocycles. The van der Waals surface area contributed by atoms with E-state index < -0.39 is 18.6 Å². The molecule has 0 saturated heterocycles. The standard InChI is InChI=1S/C8H22O3Si2/c1-7(2)5-12(9)11-13(10)6-8(3)4/h7-10,12-13H,5-6H2,1-4H3. The normalized spacial score (nSPS) is 16.6. The zero-order chi connectivity index (χ0) is 10.4. The van der Waals surface area contributed by atoms with Gasteiger partial charge in [-0.3, -0.25) is 0 Å². The summed E-state index contributed by atoms with van der Waals surface area (Å²) in [7, 11) is -4.13. The molecule has 2 atom stereocenters. The Morgan fingerprint density at radius 2 is 1.23 bits per heavy atom. The largest absolute Gasteiger partial charge is 0.419 e. The van der Waals surface area contributed by atoms with Crippen molar-refractivity contribution in [2.45, 2.75) is 39.8 Å². The van der Waals surface area contributed by atoms with Crippen LogP contribution in [0.25, 0.3) is 0 Å². The Hall–Kier alpha value is 0.314. The molecule has 5 heteroatoms. The van der Waals surface area contributed by atoms with Crippen LogP contribution in [0.2, 0.25) is 12.1 Å². The Labute approximate surface area is 84.4 Å². The molecule has 0 heterocycles. The third kappa shape index (κ3) is 8.64. The van der Waals surface area contributed by atoms with Crippen LogP contribution in [0.4, 0.5) is 0 Å². The summed E-state index contributed by atoms with van der Waals surface area (Å²) < 4.78 is 5.26. The van der Waals surface area contributed by atoms with Gasteiger partial charge in [-0.2, -0.15) is 0 Å². The predicted octanol–water partition coefficient (Wildman–Crippen LogP) is 0.741. The van der Waals surface area contributed by atoms with Crippen LogP contribution in [-0.2, 0) is 4.12 Å². The summed E-state index contributed by atoms with van der Waals surface area (Å²) in [5, 5.41) is 0. The van der Waals surface area contributed by atoms with Crippen molar-refractivity contribution in [2.24, 2.45) is 11.8 Å². The highest BCUT2D eigenvalue weighted by Gasteiger charge is 2.18. The quantitative estimate of drug-likeness (QED) is 0.652. The Morgan fingerprint density at radius 1 is 0.923 bits per heavy atom. The van der Waals surface area contributed by atoms with Crippen molar-refractivity contribution in [1.82, 2.24) is 0 Å². The lowest BCUT2D eigenvalue weighted by atomic mass is 10.3. The van der Waals surface area contributed by atoms with Gasteiger partial charge >= 0.3 is 18.6 Å². The molecule has 0 fully saturated rings. The van der Waals surface area contributed by atoms with Gasteiger partial charge in [-0.1, -0.05) is 27.7 Å². The maximum absolute atomic E-state index is 9.49. The second-order valence-electron chi connectivity index (χ2n) is 4.30. The van der Waals surface area contributed by atoms with Gasteiger partial charge < -0.3 is 13.7 Å². The lowest BCUT2D eigenvalue weighted by Crippen LogP contribution is -2.31. The molecular formula is C8H22O3Si2. The Balaban J connectivity index is 3.58. The minimum Gasteiger partial charge on any atom is -0.419 e. The average molecular weight is 222 g/mol. The van der Waals surface area contributed by atoms with Gasteiger partial charge in [-0.15, -0.1) is 0 Å². The molecule has 13 heavy (non-hydrogen) atoms. The SMILES string of the molecule is CC(C)C[SiH](O)O[SiH](O)CC(C)C. The van der Waals surface area contributed by atoms with E-state index in [1.54, 1.807) is 0 Å². The van der Waals surface area contributed by atoms with Crippen LogP contribution in [0.5, 0.6) is 0 Å². The zero-order valence-electron chi connectivity index (χ0n) is 9.03. The van der Waals surface area contributed by atoms with Gasteiger partial charge in [-0.25, -0.2) is 0 Å². The zero-order valence-corrected chi connectivity index (χ0v) is 11.3. The fraction of sp³-hybridized carbons (Fsp3) is 1.00. The van der Waals surface area contributed by atoms with Gasteiger partial charge in [0.05, 0.1) is 0 Å². The summed E-state index contributed by atoms with van der Waals surface area (Å²) in [6, 6.07) is 1.48. The molecule has 0 aromatic carbocycles. The summed E-state index contributed by atoms with van der Waals surface area (Å²) in [6.45, 7) is 8.21. The third-order valence-electron chi connectivity index (χ3n) is 1.66. The highest BCUT2D eigenvalue weighted by atomic mass is 28.4. The van der Waals surface area contributed by atoms with E-state index in [0.29, 0.717) is 11.8 Å². The first-order valence-corrected chi connectivity index (χ1v) is 8.54. The second kappa shape index (κ2) is 6.72. The van der Waals surface area contributed by atoms with Crippen LogP contribution >= 0.6 is 0 Å². The molecule has 0 amide bonds. The van der Waals surface area contributed by atoms with Gasteiger partial charge in [0, 0.05) is 0 Å². The Morgan fingerprint density at radius 3 is 1.46 bits per heavy atom. The molecule has 0 rings (SSSR count). The highest BCUT2D eigenvalue weighted by molar-refractivity contribution is 6.57. The molecule has 0 aliphatic carbocycles.